The average Bonchev–Trinajstić information content (AvgIpc) is 3.28. The van der Waals surface area contributed by atoms with Gasteiger partial charge in [0.25, 0.3) is 0 Å². The van der Waals surface area contributed by atoms with Crippen molar-refractivity contribution in [3.05, 3.63) is 102 Å². The van der Waals surface area contributed by atoms with Gasteiger partial charge in [0.1, 0.15) is 17.2 Å². The molecular formula is C35H36O8. The Bertz CT molecular complexity index is 1520. The summed E-state index contributed by atoms with van der Waals surface area (Å²) in [6.45, 7) is 11.1. The third-order valence-electron chi connectivity index (χ3n) is 7.15. The van der Waals surface area contributed by atoms with Crippen molar-refractivity contribution in [3.8, 4) is 28.4 Å². The molecule has 0 aromatic heterocycles. The number of unbranched alkanes of at least 4 members (excludes halogenated alkanes) is 3. The third-order valence-corrected chi connectivity index (χ3v) is 7.15. The van der Waals surface area contributed by atoms with Crippen LogP contribution in [0.5, 0.6) is 17.2 Å². The lowest BCUT2D eigenvalue weighted by Gasteiger charge is -2.10. The second kappa shape index (κ2) is 14.5. The molecule has 3 aromatic carbocycles. The minimum absolute atomic E-state index is 0.00698. The highest BCUT2D eigenvalue weighted by atomic mass is 16.5. The molecule has 3 aromatic rings. The highest BCUT2D eigenvalue weighted by Gasteiger charge is 2.27. The Morgan fingerprint density at radius 1 is 0.744 bits per heavy atom. The van der Waals surface area contributed by atoms with Gasteiger partial charge in [0.2, 0.25) is 0 Å². The van der Waals surface area contributed by atoms with E-state index in [-0.39, 0.29) is 11.5 Å². The molecule has 0 radical (unpaired) electrons. The zero-order chi connectivity index (χ0) is 30.9. The van der Waals surface area contributed by atoms with Crippen LogP contribution in [-0.4, -0.2) is 42.8 Å². The Morgan fingerprint density at radius 3 is 2.02 bits per heavy atom. The van der Waals surface area contributed by atoms with Crippen molar-refractivity contribution in [2.75, 3.05) is 19.8 Å². The fourth-order valence-corrected chi connectivity index (χ4v) is 4.71. The monoisotopic (exact) mass is 584 g/mol. The van der Waals surface area contributed by atoms with Crippen molar-refractivity contribution in [1.29, 1.82) is 0 Å². The fraction of sp³-hybridized carbons (Fsp3) is 0.286. The molecule has 1 aliphatic rings. The normalized spacial score (nSPS) is 13.0. The number of rotatable bonds is 14. The first-order valence-corrected chi connectivity index (χ1v) is 14.2. The standard InChI is InChI=1S/C35H36O8/c1-22(2)33(37)43-28-14-16-30-29-15-9-25(19-31(29)24(4)32(30)20-28)35(39)42-27-12-10-26(11-13-27)40-17-7-5-6-8-18-41-34(38)23(3)21-36/h9-16,19-20,24,36H,1,3,5-8,17-18,21H2,2,4H3. The summed E-state index contributed by atoms with van der Waals surface area (Å²) in [5, 5.41) is 8.85. The fourth-order valence-electron chi connectivity index (χ4n) is 4.71. The van der Waals surface area contributed by atoms with E-state index in [1.54, 1.807) is 43.3 Å². The molecule has 0 fully saturated rings. The van der Waals surface area contributed by atoms with Crippen molar-refractivity contribution in [2.24, 2.45) is 0 Å². The van der Waals surface area contributed by atoms with Gasteiger partial charge in [-0.3, -0.25) is 0 Å². The van der Waals surface area contributed by atoms with Crippen LogP contribution in [0.25, 0.3) is 11.1 Å². The summed E-state index contributed by atoms with van der Waals surface area (Å²) in [5.41, 5.74) is 4.93. The number of hydrogen-bond acceptors (Lipinski definition) is 8. The van der Waals surface area contributed by atoms with Crippen LogP contribution in [0.3, 0.4) is 0 Å². The van der Waals surface area contributed by atoms with E-state index >= 15 is 0 Å². The summed E-state index contributed by atoms with van der Waals surface area (Å²) in [4.78, 5) is 36.3. The van der Waals surface area contributed by atoms with E-state index in [4.69, 9.17) is 24.1 Å². The second-order valence-corrected chi connectivity index (χ2v) is 10.5. The SMILES string of the molecule is C=C(C)C(=O)Oc1ccc2c(c1)C(C)c1cc(C(=O)Oc3ccc(OCCCCCCOC(=O)C(=C)CO)cc3)ccc1-2. The summed E-state index contributed by atoms with van der Waals surface area (Å²) in [5.74, 6) is 0.0677. The van der Waals surface area contributed by atoms with Crippen LogP contribution in [-0.2, 0) is 14.3 Å². The summed E-state index contributed by atoms with van der Waals surface area (Å²) < 4.78 is 21.8. The summed E-state index contributed by atoms with van der Waals surface area (Å²) in [6.07, 6.45) is 3.38. The highest BCUT2D eigenvalue weighted by molar-refractivity contribution is 5.93. The van der Waals surface area contributed by atoms with Crippen molar-refractivity contribution in [3.63, 3.8) is 0 Å². The molecule has 4 rings (SSSR count). The topological polar surface area (TPSA) is 108 Å². The van der Waals surface area contributed by atoms with Crippen LogP contribution in [0.1, 0.15) is 66.9 Å². The van der Waals surface area contributed by atoms with E-state index in [0.717, 1.165) is 47.9 Å². The first-order chi connectivity index (χ1) is 20.7. The van der Waals surface area contributed by atoms with Crippen molar-refractivity contribution in [2.45, 2.75) is 45.4 Å². The number of carbonyl (C=O) groups excluding carboxylic acids is 3. The van der Waals surface area contributed by atoms with Gasteiger partial charge in [0, 0.05) is 11.5 Å². The molecule has 1 atom stereocenters. The zero-order valence-corrected chi connectivity index (χ0v) is 24.5. The number of aliphatic hydroxyl groups excluding tert-OH is 1. The molecule has 1 unspecified atom stereocenters. The smallest absolute Gasteiger partial charge is 0.343 e. The third kappa shape index (κ3) is 7.99. The molecule has 8 nitrogen and oxygen atoms in total. The highest BCUT2D eigenvalue weighted by Crippen LogP contribution is 2.46. The summed E-state index contributed by atoms with van der Waals surface area (Å²) >= 11 is 0. The van der Waals surface area contributed by atoms with Gasteiger partial charge >= 0.3 is 17.9 Å². The van der Waals surface area contributed by atoms with Crippen molar-refractivity contribution < 1.29 is 38.4 Å². The Kier molecular flexibility index (Phi) is 10.5. The number of fused-ring (bicyclic) bond motifs is 3. The Labute approximate surface area is 251 Å². The molecular weight excluding hydrogens is 548 g/mol. The number of ether oxygens (including phenoxy) is 4. The van der Waals surface area contributed by atoms with Gasteiger partial charge in [-0.05, 0) is 103 Å². The van der Waals surface area contributed by atoms with Crippen molar-refractivity contribution in [1.82, 2.24) is 0 Å². The predicted molar refractivity (Wildman–Crippen MR) is 162 cm³/mol. The maximum Gasteiger partial charge on any atom is 0.343 e. The average molecular weight is 585 g/mol. The Morgan fingerprint density at radius 2 is 1.35 bits per heavy atom. The minimum atomic E-state index is -0.562. The van der Waals surface area contributed by atoms with Crippen LogP contribution in [0, 0.1) is 0 Å². The number of esters is 3. The maximum absolute atomic E-state index is 13.0. The minimum Gasteiger partial charge on any atom is -0.494 e. The van der Waals surface area contributed by atoms with Gasteiger partial charge in [-0.25, -0.2) is 14.4 Å². The summed E-state index contributed by atoms with van der Waals surface area (Å²) in [6, 6.07) is 18.0. The lowest BCUT2D eigenvalue weighted by Crippen LogP contribution is -2.10. The van der Waals surface area contributed by atoms with Crippen LogP contribution < -0.4 is 14.2 Å². The second-order valence-electron chi connectivity index (χ2n) is 10.5. The van der Waals surface area contributed by atoms with Gasteiger partial charge < -0.3 is 24.1 Å². The molecule has 8 heteroatoms. The van der Waals surface area contributed by atoms with Crippen LogP contribution >= 0.6 is 0 Å². The van der Waals surface area contributed by atoms with Crippen LogP contribution in [0.2, 0.25) is 0 Å². The molecule has 0 heterocycles. The maximum atomic E-state index is 13.0. The van der Waals surface area contributed by atoms with E-state index in [9.17, 15) is 14.4 Å². The van der Waals surface area contributed by atoms with Gasteiger partial charge in [0.05, 0.1) is 31.0 Å². The molecule has 0 aliphatic heterocycles. The lowest BCUT2D eigenvalue weighted by molar-refractivity contribution is -0.139. The number of aliphatic hydroxyl groups is 1. The molecule has 224 valence electrons. The van der Waals surface area contributed by atoms with E-state index in [2.05, 4.69) is 20.1 Å². The van der Waals surface area contributed by atoms with Gasteiger partial charge in [-0.1, -0.05) is 32.2 Å². The number of hydrogen-bond donors (Lipinski definition) is 1. The molecule has 43 heavy (non-hydrogen) atoms. The van der Waals surface area contributed by atoms with Gasteiger partial charge in [-0.2, -0.15) is 0 Å². The molecule has 0 spiro atoms. The number of carbonyl (C=O) groups is 3. The van der Waals surface area contributed by atoms with E-state index in [1.165, 1.54) is 0 Å². The van der Waals surface area contributed by atoms with Gasteiger partial charge in [0.15, 0.2) is 0 Å². The Balaban J connectivity index is 1.24. The first-order valence-electron chi connectivity index (χ1n) is 14.2. The molecule has 0 saturated heterocycles. The zero-order valence-electron chi connectivity index (χ0n) is 24.5. The first kappa shape index (κ1) is 31.3. The molecule has 1 N–H and O–H groups in total. The van der Waals surface area contributed by atoms with Crippen molar-refractivity contribution >= 4 is 17.9 Å². The molecule has 0 bridgehead atoms. The van der Waals surface area contributed by atoms with E-state index in [0.29, 0.717) is 41.6 Å². The van der Waals surface area contributed by atoms with Crippen LogP contribution in [0.15, 0.2) is 85.0 Å². The summed E-state index contributed by atoms with van der Waals surface area (Å²) in [7, 11) is 0. The quantitative estimate of drug-likeness (QED) is 0.0984. The van der Waals surface area contributed by atoms with E-state index in [1.807, 2.05) is 24.3 Å². The van der Waals surface area contributed by atoms with Crippen LogP contribution in [0.4, 0.5) is 0 Å². The largest absolute Gasteiger partial charge is 0.494 e. The Hall–Kier alpha value is -4.69. The molecule has 1 aliphatic carbocycles. The molecule has 0 saturated carbocycles. The predicted octanol–water partition coefficient (Wildman–Crippen LogP) is 6.55. The number of benzene rings is 3. The molecule has 0 amide bonds. The lowest BCUT2D eigenvalue weighted by atomic mass is 9.98. The van der Waals surface area contributed by atoms with Gasteiger partial charge in [-0.15, -0.1) is 0 Å². The van der Waals surface area contributed by atoms with E-state index < -0.39 is 24.5 Å².